The van der Waals surface area contributed by atoms with Gasteiger partial charge in [0.25, 0.3) is 0 Å². The van der Waals surface area contributed by atoms with E-state index in [0.29, 0.717) is 31.5 Å². The third-order valence-electron chi connectivity index (χ3n) is 5.28. The number of carbonyl (C=O) groups excluding carboxylic acids is 1. The summed E-state index contributed by atoms with van der Waals surface area (Å²) in [4.78, 5) is 19.1. The van der Waals surface area contributed by atoms with Crippen LogP contribution in [0, 0.1) is 5.41 Å². The standard InChI is InChI=1S/C18H27N3O/c19-14-18(8-2-1-3-9-18)12-17(22)21(16-4-5-16)13-15-6-10-20-11-7-15/h6-7,10-11,16H,1-5,8-9,12-14,19H2. The molecule has 0 aromatic carbocycles. The number of nitrogens with two attached hydrogens (primary N) is 1. The lowest BCUT2D eigenvalue weighted by Gasteiger charge is -2.37. The van der Waals surface area contributed by atoms with Crippen LogP contribution in [0.5, 0.6) is 0 Å². The largest absolute Gasteiger partial charge is 0.335 e. The van der Waals surface area contributed by atoms with Crippen molar-refractivity contribution in [2.24, 2.45) is 11.1 Å². The monoisotopic (exact) mass is 301 g/mol. The molecule has 2 saturated carbocycles. The molecule has 2 aliphatic carbocycles. The summed E-state index contributed by atoms with van der Waals surface area (Å²) in [6, 6.07) is 4.45. The van der Waals surface area contributed by atoms with Crippen molar-refractivity contribution in [2.75, 3.05) is 6.54 Å². The lowest BCUT2D eigenvalue weighted by molar-refractivity contribution is -0.135. The molecule has 2 N–H and O–H groups in total. The molecule has 0 aliphatic heterocycles. The fourth-order valence-electron chi connectivity index (χ4n) is 3.67. The number of nitrogens with zero attached hydrogens (tertiary/aromatic N) is 2. The SMILES string of the molecule is NCC1(CC(=O)N(Cc2ccncc2)C2CC2)CCCCC1. The summed E-state index contributed by atoms with van der Waals surface area (Å²) in [6.45, 7) is 1.36. The van der Waals surface area contributed by atoms with E-state index in [1.807, 2.05) is 12.1 Å². The molecule has 0 bridgehead atoms. The van der Waals surface area contributed by atoms with E-state index in [2.05, 4.69) is 9.88 Å². The Balaban J connectivity index is 1.67. The van der Waals surface area contributed by atoms with Crippen LogP contribution in [0.15, 0.2) is 24.5 Å². The van der Waals surface area contributed by atoms with Crippen molar-refractivity contribution in [3.63, 3.8) is 0 Å². The van der Waals surface area contributed by atoms with Crippen LogP contribution in [0.2, 0.25) is 0 Å². The Morgan fingerprint density at radius 2 is 1.91 bits per heavy atom. The van der Waals surface area contributed by atoms with Crippen molar-refractivity contribution in [2.45, 2.75) is 64.0 Å². The molecule has 0 spiro atoms. The first-order valence-corrected chi connectivity index (χ1v) is 8.61. The second kappa shape index (κ2) is 6.78. The lowest BCUT2D eigenvalue weighted by Crippen LogP contribution is -2.41. The maximum Gasteiger partial charge on any atom is 0.223 e. The van der Waals surface area contributed by atoms with Gasteiger partial charge in [0.1, 0.15) is 0 Å². The van der Waals surface area contributed by atoms with Gasteiger partial charge < -0.3 is 10.6 Å². The fourth-order valence-corrected chi connectivity index (χ4v) is 3.67. The number of hydrogen-bond acceptors (Lipinski definition) is 3. The van der Waals surface area contributed by atoms with E-state index in [0.717, 1.165) is 25.7 Å². The zero-order valence-electron chi connectivity index (χ0n) is 13.3. The fraction of sp³-hybridized carbons (Fsp3) is 0.667. The Morgan fingerprint density at radius 3 is 2.50 bits per heavy atom. The molecule has 1 aromatic rings. The topological polar surface area (TPSA) is 59.2 Å². The van der Waals surface area contributed by atoms with Gasteiger partial charge in [0, 0.05) is 31.4 Å². The first-order valence-electron chi connectivity index (χ1n) is 8.61. The number of amides is 1. The first kappa shape index (κ1) is 15.5. The molecule has 4 heteroatoms. The highest BCUT2D eigenvalue weighted by molar-refractivity contribution is 5.77. The Morgan fingerprint density at radius 1 is 1.23 bits per heavy atom. The Labute approximate surface area is 133 Å². The maximum absolute atomic E-state index is 12.9. The van der Waals surface area contributed by atoms with Crippen molar-refractivity contribution in [3.8, 4) is 0 Å². The van der Waals surface area contributed by atoms with Crippen LogP contribution in [0.25, 0.3) is 0 Å². The van der Waals surface area contributed by atoms with Gasteiger partial charge in [0.2, 0.25) is 5.91 Å². The molecule has 0 radical (unpaired) electrons. The molecule has 4 nitrogen and oxygen atoms in total. The van der Waals surface area contributed by atoms with Crippen LogP contribution in [0.3, 0.4) is 0 Å². The molecule has 2 fully saturated rings. The highest BCUT2D eigenvalue weighted by atomic mass is 16.2. The molecule has 0 saturated heterocycles. The van der Waals surface area contributed by atoms with E-state index < -0.39 is 0 Å². The molecular formula is C18H27N3O. The predicted octanol–water partition coefficient (Wildman–Crippen LogP) is 2.87. The van der Waals surface area contributed by atoms with Gasteiger partial charge in [-0.2, -0.15) is 0 Å². The van der Waals surface area contributed by atoms with Gasteiger partial charge in [-0.1, -0.05) is 19.3 Å². The molecule has 1 aromatic heterocycles. The van der Waals surface area contributed by atoms with E-state index >= 15 is 0 Å². The van der Waals surface area contributed by atoms with Crippen LogP contribution >= 0.6 is 0 Å². The van der Waals surface area contributed by atoms with Crippen LogP contribution in [-0.2, 0) is 11.3 Å². The van der Waals surface area contributed by atoms with Gasteiger partial charge in [-0.15, -0.1) is 0 Å². The van der Waals surface area contributed by atoms with Gasteiger partial charge in [0.15, 0.2) is 0 Å². The average molecular weight is 301 g/mol. The summed E-state index contributed by atoms with van der Waals surface area (Å²) in [6.07, 6.45) is 12.5. The molecule has 2 aliphatic rings. The van der Waals surface area contributed by atoms with Gasteiger partial charge >= 0.3 is 0 Å². The summed E-state index contributed by atoms with van der Waals surface area (Å²) in [5.41, 5.74) is 7.28. The summed E-state index contributed by atoms with van der Waals surface area (Å²) >= 11 is 0. The second-order valence-electron chi connectivity index (χ2n) is 7.05. The van der Waals surface area contributed by atoms with Crippen LogP contribution < -0.4 is 5.73 Å². The molecule has 1 heterocycles. The number of hydrogen-bond donors (Lipinski definition) is 1. The molecule has 3 rings (SSSR count). The number of carbonyl (C=O) groups is 1. The lowest BCUT2D eigenvalue weighted by atomic mass is 9.71. The van der Waals surface area contributed by atoms with Crippen molar-refractivity contribution in [3.05, 3.63) is 30.1 Å². The molecular weight excluding hydrogens is 274 g/mol. The van der Waals surface area contributed by atoms with Crippen molar-refractivity contribution in [1.29, 1.82) is 0 Å². The molecule has 120 valence electrons. The number of rotatable bonds is 6. The average Bonchev–Trinajstić information content (AvgIpc) is 3.39. The van der Waals surface area contributed by atoms with Gasteiger partial charge in [-0.25, -0.2) is 0 Å². The van der Waals surface area contributed by atoms with Crippen molar-refractivity contribution >= 4 is 5.91 Å². The van der Waals surface area contributed by atoms with Crippen LogP contribution in [-0.4, -0.2) is 28.4 Å². The molecule has 1 amide bonds. The highest BCUT2D eigenvalue weighted by Crippen LogP contribution is 2.40. The Kier molecular flexibility index (Phi) is 4.77. The minimum Gasteiger partial charge on any atom is -0.335 e. The van der Waals surface area contributed by atoms with Gasteiger partial charge in [-0.05, 0) is 55.3 Å². The molecule has 22 heavy (non-hydrogen) atoms. The molecule has 0 atom stereocenters. The van der Waals surface area contributed by atoms with Crippen LogP contribution in [0.1, 0.15) is 56.9 Å². The minimum atomic E-state index is 0.0563. The first-order chi connectivity index (χ1) is 10.7. The summed E-state index contributed by atoms with van der Waals surface area (Å²) < 4.78 is 0. The highest BCUT2D eigenvalue weighted by Gasteiger charge is 2.38. The Hall–Kier alpha value is -1.42. The molecule has 0 unspecified atom stereocenters. The number of pyridine rings is 1. The smallest absolute Gasteiger partial charge is 0.223 e. The normalized spacial score (nSPS) is 20.6. The van der Waals surface area contributed by atoms with Crippen LogP contribution in [0.4, 0.5) is 0 Å². The van der Waals surface area contributed by atoms with E-state index in [1.54, 1.807) is 12.4 Å². The summed E-state index contributed by atoms with van der Waals surface area (Å²) in [7, 11) is 0. The third kappa shape index (κ3) is 3.67. The van der Waals surface area contributed by atoms with E-state index in [1.165, 1.54) is 24.8 Å². The second-order valence-corrected chi connectivity index (χ2v) is 7.05. The third-order valence-corrected chi connectivity index (χ3v) is 5.28. The van der Waals surface area contributed by atoms with E-state index in [9.17, 15) is 4.79 Å². The zero-order chi connectivity index (χ0) is 15.4. The quantitative estimate of drug-likeness (QED) is 0.879. The summed E-state index contributed by atoms with van der Waals surface area (Å²) in [5, 5.41) is 0. The van der Waals surface area contributed by atoms with Gasteiger partial charge in [0.05, 0.1) is 0 Å². The van der Waals surface area contributed by atoms with E-state index in [-0.39, 0.29) is 5.41 Å². The zero-order valence-corrected chi connectivity index (χ0v) is 13.3. The van der Waals surface area contributed by atoms with Gasteiger partial charge in [-0.3, -0.25) is 9.78 Å². The minimum absolute atomic E-state index is 0.0563. The summed E-state index contributed by atoms with van der Waals surface area (Å²) in [5.74, 6) is 0.298. The predicted molar refractivity (Wildman–Crippen MR) is 87.0 cm³/mol. The van der Waals surface area contributed by atoms with Crippen molar-refractivity contribution in [1.82, 2.24) is 9.88 Å². The maximum atomic E-state index is 12.9. The van der Waals surface area contributed by atoms with Crippen molar-refractivity contribution < 1.29 is 4.79 Å². The van der Waals surface area contributed by atoms with E-state index in [4.69, 9.17) is 5.73 Å². The number of aromatic nitrogens is 1. The Bertz CT molecular complexity index is 492.